The molecule has 0 saturated carbocycles. The highest BCUT2D eigenvalue weighted by Gasteiger charge is 2.23. The molecule has 0 aromatic heterocycles. The lowest BCUT2D eigenvalue weighted by atomic mass is 10.0. The molecule has 0 aliphatic rings. The average molecular weight is 827 g/mol. The van der Waals surface area contributed by atoms with Gasteiger partial charge in [-0.25, -0.2) is 0 Å². The molecular formula is C48H95N2O6P. The van der Waals surface area contributed by atoms with Crippen LogP contribution >= 0.6 is 7.82 Å². The number of amides is 1. The van der Waals surface area contributed by atoms with E-state index in [0.29, 0.717) is 17.4 Å². The van der Waals surface area contributed by atoms with Crippen molar-refractivity contribution in [2.24, 2.45) is 0 Å². The largest absolute Gasteiger partial charge is 0.756 e. The Labute approximate surface area is 354 Å². The summed E-state index contributed by atoms with van der Waals surface area (Å²) in [6.07, 6.45) is 48.8. The summed E-state index contributed by atoms with van der Waals surface area (Å²) < 4.78 is 23.0. The molecule has 9 heteroatoms. The third-order valence-corrected chi connectivity index (χ3v) is 11.9. The first kappa shape index (κ1) is 56.0. The van der Waals surface area contributed by atoms with Crippen LogP contribution in [0.4, 0.5) is 0 Å². The van der Waals surface area contributed by atoms with Crippen molar-refractivity contribution in [1.29, 1.82) is 0 Å². The van der Waals surface area contributed by atoms with E-state index in [0.717, 1.165) is 51.4 Å². The fraction of sp³-hybridized carbons (Fsp3) is 0.896. The fourth-order valence-electron chi connectivity index (χ4n) is 7.05. The summed E-state index contributed by atoms with van der Waals surface area (Å²) in [5, 5.41) is 13.6. The second-order valence-electron chi connectivity index (χ2n) is 17.8. The van der Waals surface area contributed by atoms with Crippen LogP contribution in [0.15, 0.2) is 24.3 Å². The number of carbonyl (C=O) groups excluding carboxylic acids is 1. The Morgan fingerprint density at radius 1 is 0.596 bits per heavy atom. The van der Waals surface area contributed by atoms with Gasteiger partial charge in [0.25, 0.3) is 7.82 Å². The number of nitrogens with one attached hydrogen (secondary N) is 1. The summed E-state index contributed by atoms with van der Waals surface area (Å²) >= 11 is 0. The van der Waals surface area contributed by atoms with Crippen molar-refractivity contribution in [2.45, 2.75) is 238 Å². The van der Waals surface area contributed by atoms with E-state index in [4.69, 9.17) is 9.05 Å². The monoisotopic (exact) mass is 827 g/mol. The van der Waals surface area contributed by atoms with Crippen LogP contribution in [-0.2, 0) is 18.4 Å². The Bertz CT molecular complexity index is 984. The first-order chi connectivity index (χ1) is 27.5. The van der Waals surface area contributed by atoms with Crippen molar-refractivity contribution in [3.8, 4) is 0 Å². The van der Waals surface area contributed by atoms with Crippen molar-refractivity contribution in [3.63, 3.8) is 0 Å². The molecule has 0 aliphatic heterocycles. The maximum absolute atomic E-state index is 12.6. The maximum atomic E-state index is 12.6. The van der Waals surface area contributed by atoms with E-state index in [-0.39, 0.29) is 12.5 Å². The van der Waals surface area contributed by atoms with Gasteiger partial charge in [0.2, 0.25) is 5.91 Å². The maximum Gasteiger partial charge on any atom is 0.268 e. The molecule has 8 nitrogen and oxygen atoms in total. The SMILES string of the molecule is CCCCCCCCCCCCCCCCCCCCCCCCCC/C=C/CC/C=C/C(O)C(COP(=O)([O-])OCC[N+](C)(C)C)NC(=O)CCCCCCC. The second kappa shape index (κ2) is 40.4. The number of rotatable bonds is 44. The van der Waals surface area contributed by atoms with Crippen LogP contribution in [0.3, 0.4) is 0 Å². The van der Waals surface area contributed by atoms with Crippen molar-refractivity contribution in [3.05, 3.63) is 24.3 Å². The molecule has 0 radical (unpaired) electrons. The number of aliphatic hydroxyl groups excluding tert-OH is 1. The Balaban J connectivity index is 3.97. The van der Waals surface area contributed by atoms with Crippen molar-refractivity contribution < 1.29 is 32.9 Å². The predicted octanol–water partition coefficient (Wildman–Crippen LogP) is 13.1. The van der Waals surface area contributed by atoms with E-state index < -0.39 is 26.6 Å². The number of aliphatic hydroxyl groups is 1. The van der Waals surface area contributed by atoms with Gasteiger partial charge in [0, 0.05) is 6.42 Å². The number of phosphoric acid groups is 1. The zero-order valence-corrected chi connectivity index (χ0v) is 39.2. The third-order valence-electron chi connectivity index (χ3n) is 10.9. The molecular weight excluding hydrogens is 732 g/mol. The summed E-state index contributed by atoms with van der Waals surface area (Å²) in [4.78, 5) is 25.0. The first-order valence-electron chi connectivity index (χ1n) is 24.2. The number of hydrogen-bond donors (Lipinski definition) is 2. The van der Waals surface area contributed by atoms with Gasteiger partial charge < -0.3 is 28.8 Å². The predicted molar refractivity (Wildman–Crippen MR) is 242 cm³/mol. The Morgan fingerprint density at radius 3 is 1.42 bits per heavy atom. The van der Waals surface area contributed by atoms with E-state index in [1.165, 1.54) is 154 Å². The zero-order valence-electron chi connectivity index (χ0n) is 38.3. The van der Waals surface area contributed by atoms with E-state index in [2.05, 4.69) is 31.3 Å². The third kappa shape index (κ3) is 42.9. The quantitative estimate of drug-likeness (QED) is 0.0274. The van der Waals surface area contributed by atoms with E-state index in [9.17, 15) is 19.4 Å². The van der Waals surface area contributed by atoms with Gasteiger partial charge in [0.15, 0.2) is 0 Å². The molecule has 0 spiro atoms. The number of likely N-dealkylation sites (N-methyl/N-ethyl adjacent to an activating group) is 1. The summed E-state index contributed by atoms with van der Waals surface area (Å²) in [6, 6.07) is -0.895. The smallest absolute Gasteiger partial charge is 0.268 e. The molecule has 1 amide bonds. The molecule has 338 valence electrons. The van der Waals surface area contributed by atoms with Crippen LogP contribution in [0.2, 0.25) is 0 Å². The molecule has 0 fully saturated rings. The van der Waals surface area contributed by atoms with E-state index in [1.54, 1.807) is 6.08 Å². The molecule has 3 atom stereocenters. The number of quaternary nitrogens is 1. The highest BCUT2D eigenvalue weighted by molar-refractivity contribution is 7.45. The minimum Gasteiger partial charge on any atom is -0.756 e. The zero-order chi connectivity index (χ0) is 42.1. The van der Waals surface area contributed by atoms with Gasteiger partial charge in [0.05, 0.1) is 39.9 Å². The Hall–Kier alpha value is -1.02. The summed E-state index contributed by atoms with van der Waals surface area (Å²) in [5.41, 5.74) is 0. The van der Waals surface area contributed by atoms with E-state index >= 15 is 0 Å². The summed E-state index contributed by atoms with van der Waals surface area (Å²) in [6.45, 7) is 4.54. The van der Waals surface area contributed by atoms with Crippen LogP contribution in [0.1, 0.15) is 226 Å². The minimum absolute atomic E-state index is 0.00525. The van der Waals surface area contributed by atoms with Gasteiger partial charge in [-0.3, -0.25) is 9.36 Å². The molecule has 3 unspecified atom stereocenters. The highest BCUT2D eigenvalue weighted by atomic mass is 31.2. The summed E-state index contributed by atoms with van der Waals surface area (Å²) in [7, 11) is 1.25. The number of unbranched alkanes of at least 4 members (excludes halogenated alkanes) is 29. The molecule has 0 heterocycles. The standard InChI is InChI=1S/C48H95N2O6P/c1-6-8-10-12-13-14-15-16-17-18-19-20-21-22-23-24-25-26-27-28-29-30-31-32-33-34-35-36-38-39-41-47(51)46(49-48(52)42-40-37-11-9-7-2)45-56-57(53,54)55-44-43-50(3,4)5/h34-35,39,41,46-47,51H,6-33,36-38,40,42-45H2,1-5H3,(H-,49,52,53,54)/b35-34+,41-39+. The van der Waals surface area contributed by atoms with Crippen LogP contribution in [0.25, 0.3) is 0 Å². The lowest BCUT2D eigenvalue weighted by molar-refractivity contribution is -0.870. The van der Waals surface area contributed by atoms with Crippen molar-refractivity contribution in [1.82, 2.24) is 5.32 Å². The van der Waals surface area contributed by atoms with Crippen LogP contribution in [0.5, 0.6) is 0 Å². The van der Waals surface area contributed by atoms with Crippen LogP contribution < -0.4 is 10.2 Å². The highest BCUT2D eigenvalue weighted by Crippen LogP contribution is 2.38. The first-order valence-corrected chi connectivity index (χ1v) is 25.7. The topological polar surface area (TPSA) is 108 Å². The average Bonchev–Trinajstić information content (AvgIpc) is 3.16. The van der Waals surface area contributed by atoms with Gasteiger partial charge >= 0.3 is 0 Å². The van der Waals surface area contributed by atoms with Gasteiger partial charge in [-0.2, -0.15) is 0 Å². The lowest BCUT2D eigenvalue weighted by Crippen LogP contribution is -2.45. The number of hydrogen-bond acceptors (Lipinski definition) is 6. The number of phosphoric ester groups is 1. The second-order valence-corrected chi connectivity index (χ2v) is 19.2. The molecule has 0 aromatic carbocycles. The van der Waals surface area contributed by atoms with Crippen molar-refractivity contribution in [2.75, 3.05) is 40.9 Å². The van der Waals surface area contributed by atoms with Crippen molar-refractivity contribution >= 4 is 13.7 Å². The lowest BCUT2D eigenvalue weighted by Gasteiger charge is -2.29. The fourth-order valence-corrected chi connectivity index (χ4v) is 7.77. The molecule has 57 heavy (non-hydrogen) atoms. The molecule has 0 aromatic rings. The normalized spacial score (nSPS) is 14.4. The summed E-state index contributed by atoms with van der Waals surface area (Å²) in [5.74, 6) is -0.220. The van der Waals surface area contributed by atoms with Gasteiger partial charge in [-0.15, -0.1) is 0 Å². The van der Waals surface area contributed by atoms with Gasteiger partial charge in [0.1, 0.15) is 13.2 Å². The molecule has 0 aliphatic carbocycles. The van der Waals surface area contributed by atoms with Gasteiger partial charge in [-0.05, 0) is 32.1 Å². The Morgan fingerprint density at radius 2 is 0.982 bits per heavy atom. The van der Waals surface area contributed by atoms with Crippen LogP contribution in [-0.4, -0.2) is 68.5 Å². The molecule has 0 saturated heterocycles. The molecule has 0 bridgehead atoms. The van der Waals surface area contributed by atoms with Gasteiger partial charge in [-0.1, -0.05) is 212 Å². The minimum atomic E-state index is -4.58. The number of carbonyl (C=O) groups is 1. The number of nitrogens with zero attached hydrogens (tertiary/aromatic N) is 1. The van der Waals surface area contributed by atoms with Crippen LogP contribution in [0, 0.1) is 0 Å². The Kier molecular flexibility index (Phi) is 39.7. The molecule has 0 rings (SSSR count). The number of allylic oxidation sites excluding steroid dienone is 3. The van der Waals surface area contributed by atoms with E-state index in [1.807, 2.05) is 27.2 Å². The molecule has 2 N–H and O–H groups in total.